The zero-order chi connectivity index (χ0) is 8.81. The molecular formula is C11H15O. The Morgan fingerprint density at radius 3 is 2.50 bits per heavy atom. The van der Waals surface area contributed by atoms with Gasteiger partial charge in [0, 0.05) is 0 Å². The van der Waals surface area contributed by atoms with Crippen LogP contribution in [0.1, 0.15) is 20.3 Å². The van der Waals surface area contributed by atoms with E-state index in [2.05, 4.69) is 13.8 Å². The van der Waals surface area contributed by atoms with Crippen molar-refractivity contribution in [1.29, 1.82) is 0 Å². The van der Waals surface area contributed by atoms with Gasteiger partial charge in [-0.2, -0.15) is 0 Å². The lowest BCUT2D eigenvalue weighted by atomic mass is 10.1. The van der Waals surface area contributed by atoms with E-state index in [-0.39, 0.29) is 0 Å². The maximum Gasteiger partial charge on any atom is 0.136 e. The second-order valence-corrected chi connectivity index (χ2v) is 3.23. The Balaban J connectivity index is 2.25. The highest BCUT2D eigenvalue weighted by Gasteiger charge is 1.95. The molecule has 0 bridgehead atoms. The largest absolute Gasteiger partial charge is 0.487 e. The number of hydrogen-bond donors (Lipinski definition) is 0. The molecule has 0 saturated carbocycles. The van der Waals surface area contributed by atoms with Gasteiger partial charge in [0.05, 0.1) is 0 Å². The molecule has 1 aromatic rings. The summed E-state index contributed by atoms with van der Waals surface area (Å²) in [6.45, 7) is 6.20. The van der Waals surface area contributed by atoms with Crippen LogP contribution in [0.15, 0.2) is 30.3 Å². The van der Waals surface area contributed by atoms with Crippen molar-refractivity contribution < 1.29 is 4.74 Å². The van der Waals surface area contributed by atoms with E-state index in [4.69, 9.17) is 4.74 Å². The Morgan fingerprint density at radius 2 is 1.92 bits per heavy atom. The lowest BCUT2D eigenvalue weighted by Gasteiger charge is -2.05. The molecule has 0 fully saturated rings. The quantitative estimate of drug-likeness (QED) is 0.662. The first-order chi connectivity index (χ1) is 5.79. The monoisotopic (exact) mass is 163 g/mol. The van der Waals surface area contributed by atoms with Crippen LogP contribution in [0.4, 0.5) is 0 Å². The van der Waals surface area contributed by atoms with Gasteiger partial charge in [0.2, 0.25) is 0 Å². The molecule has 0 aliphatic carbocycles. The first-order valence-electron chi connectivity index (χ1n) is 4.32. The highest BCUT2D eigenvalue weighted by Crippen LogP contribution is 2.12. The Labute approximate surface area is 74.4 Å². The molecule has 0 aliphatic rings. The lowest BCUT2D eigenvalue weighted by Crippen LogP contribution is -1.94. The van der Waals surface area contributed by atoms with Crippen LogP contribution in [0.5, 0.6) is 5.75 Å². The summed E-state index contributed by atoms with van der Waals surface area (Å²) in [7, 11) is 0. The molecule has 0 saturated heterocycles. The van der Waals surface area contributed by atoms with Gasteiger partial charge in [-0.1, -0.05) is 32.0 Å². The van der Waals surface area contributed by atoms with E-state index in [0.29, 0.717) is 5.92 Å². The summed E-state index contributed by atoms with van der Waals surface area (Å²) in [4.78, 5) is 0. The molecule has 0 spiro atoms. The molecule has 0 N–H and O–H groups in total. The average molecular weight is 163 g/mol. The Morgan fingerprint density at radius 1 is 1.25 bits per heavy atom. The van der Waals surface area contributed by atoms with Crippen LogP contribution in [0.3, 0.4) is 0 Å². The second-order valence-electron chi connectivity index (χ2n) is 3.23. The summed E-state index contributed by atoms with van der Waals surface area (Å²) >= 11 is 0. The minimum atomic E-state index is 0.661. The molecule has 0 amide bonds. The van der Waals surface area contributed by atoms with Crippen LogP contribution in [0.2, 0.25) is 0 Å². The summed E-state index contributed by atoms with van der Waals surface area (Å²) in [6.07, 6.45) is 0.995. The van der Waals surface area contributed by atoms with Gasteiger partial charge in [0.25, 0.3) is 0 Å². The predicted octanol–water partition coefficient (Wildman–Crippen LogP) is 3.27. The van der Waals surface area contributed by atoms with Gasteiger partial charge in [-0.15, -0.1) is 0 Å². The number of rotatable bonds is 4. The summed E-state index contributed by atoms with van der Waals surface area (Å²) < 4.78 is 5.39. The fraction of sp³-hybridized carbons (Fsp3) is 0.364. The van der Waals surface area contributed by atoms with Crippen LogP contribution < -0.4 is 4.74 Å². The molecule has 12 heavy (non-hydrogen) atoms. The third kappa shape index (κ3) is 3.42. The number of ether oxygens (including phenoxy) is 1. The van der Waals surface area contributed by atoms with E-state index >= 15 is 0 Å². The predicted molar refractivity (Wildman–Crippen MR) is 50.8 cm³/mol. The molecule has 0 unspecified atom stereocenters. The molecular weight excluding hydrogens is 148 g/mol. The van der Waals surface area contributed by atoms with Crippen LogP contribution in [0, 0.1) is 12.5 Å². The van der Waals surface area contributed by atoms with Crippen molar-refractivity contribution in [2.45, 2.75) is 20.3 Å². The van der Waals surface area contributed by atoms with Crippen molar-refractivity contribution in [2.24, 2.45) is 5.92 Å². The Hall–Kier alpha value is -0.980. The maximum absolute atomic E-state index is 5.39. The highest BCUT2D eigenvalue weighted by molar-refractivity contribution is 5.21. The van der Waals surface area contributed by atoms with Crippen molar-refractivity contribution in [2.75, 3.05) is 0 Å². The van der Waals surface area contributed by atoms with E-state index in [9.17, 15) is 0 Å². The summed E-state index contributed by atoms with van der Waals surface area (Å²) in [6, 6.07) is 9.83. The minimum Gasteiger partial charge on any atom is -0.487 e. The van der Waals surface area contributed by atoms with E-state index in [1.54, 1.807) is 0 Å². The normalized spacial score (nSPS) is 10.2. The van der Waals surface area contributed by atoms with Crippen molar-refractivity contribution in [1.82, 2.24) is 0 Å². The first-order valence-corrected chi connectivity index (χ1v) is 4.32. The average Bonchev–Trinajstić information content (AvgIpc) is 2.05. The highest BCUT2D eigenvalue weighted by atomic mass is 16.5. The third-order valence-electron chi connectivity index (χ3n) is 1.53. The van der Waals surface area contributed by atoms with Gasteiger partial charge in [-0.05, 0) is 24.5 Å². The molecule has 0 aliphatic heterocycles. The van der Waals surface area contributed by atoms with E-state index in [1.165, 1.54) is 0 Å². The Bertz CT molecular complexity index is 204. The molecule has 1 radical (unpaired) electrons. The maximum atomic E-state index is 5.39. The lowest BCUT2D eigenvalue weighted by molar-refractivity contribution is 0.368. The smallest absolute Gasteiger partial charge is 0.136 e. The Kier molecular flexibility index (Phi) is 3.65. The van der Waals surface area contributed by atoms with Crippen molar-refractivity contribution in [3.05, 3.63) is 36.9 Å². The minimum absolute atomic E-state index is 0.661. The molecule has 0 aromatic heterocycles. The number of hydrogen-bond acceptors (Lipinski definition) is 1. The zero-order valence-electron chi connectivity index (χ0n) is 7.66. The van der Waals surface area contributed by atoms with Crippen LogP contribution >= 0.6 is 0 Å². The fourth-order valence-corrected chi connectivity index (χ4v) is 0.836. The molecule has 65 valence electrons. The first kappa shape index (κ1) is 9.11. The number of benzene rings is 1. The van der Waals surface area contributed by atoms with Crippen molar-refractivity contribution >= 4 is 0 Å². The van der Waals surface area contributed by atoms with Gasteiger partial charge >= 0.3 is 0 Å². The van der Waals surface area contributed by atoms with Gasteiger partial charge < -0.3 is 4.74 Å². The van der Waals surface area contributed by atoms with Gasteiger partial charge in [0.15, 0.2) is 0 Å². The van der Waals surface area contributed by atoms with E-state index < -0.39 is 0 Å². The topological polar surface area (TPSA) is 9.23 Å². The summed E-state index contributed by atoms with van der Waals surface area (Å²) in [5, 5.41) is 0. The summed E-state index contributed by atoms with van der Waals surface area (Å²) in [5.41, 5.74) is 0. The molecule has 1 nitrogen and oxygen atoms in total. The van der Waals surface area contributed by atoms with Crippen LogP contribution in [-0.2, 0) is 0 Å². The summed E-state index contributed by atoms with van der Waals surface area (Å²) in [5.74, 6) is 1.58. The van der Waals surface area contributed by atoms with Crippen LogP contribution in [-0.4, -0.2) is 0 Å². The molecule has 1 heteroatoms. The fourth-order valence-electron chi connectivity index (χ4n) is 0.836. The van der Waals surface area contributed by atoms with Gasteiger partial charge in [-0.25, -0.2) is 0 Å². The van der Waals surface area contributed by atoms with E-state index in [0.717, 1.165) is 12.2 Å². The SMILES string of the molecule is CC(C)C[CH]Oc1ccccc1. The molecule has 1 aromatic carbocycles. The van der Waals surface area contributed by atoms with E-state index in [1.807, 2.05) is 36.9 Å². The van der Waals surface area contributed by atoms with Gasteiger partial charge in [0.1, 0.15) is 12.4 Å². The van der Waals surface area contributed by atoms with Crippen molar-refractivity contribution in [3.8, 4) is 5.75 Å². The molecule has 1 rings (SSSR count). The van der Waals surface area contributed by atoms with Gasteiger partial charge in [-0.3, -0.25) is 0 Å². The van der Waals surface area contributed by atoms with Crippen LogP contribution in [0.25, 0.3) is 0 Å². The standard InChI is InChI=1S/C11H15O/c1-10(2)8-9-12-11-6-4-3-5-7-11/h3-7,9-10H,8H2,1-2H3. The van der Waals surface area contributed by atoms with Crippen molar-refractivity contribution in [3.63, 3.8) is 0 Å². The molecule has 0 atom stereocenters. The zero-order valence-corrected chi connectivity index (χ0v) is 7.66. The number of para-hydroxylation sites is 1. The second kappa shape index (κ2) is 4.81. The third-order valence-corrected chi connectivity index (χ3v) is 1.53. The molecule has 0 heterocycles.